The number of ether oxygens (including phenoxy) is 1. The van der Waals surface area contributed by atoms with Crippen molar-refractivity contribution in [3.8, 4) is 0 Å². The highest BCUT2D eigenvalue weighted by molar-refractivity contribution is 5.67. The topological polar surface area (TPSA) is 89.2 Å². The van der Waals surface area contributed by atoms with Gasteiger partial charge in [0.25, 0.3) is 0 Å². The zero-order chi connectivity index (χ0) is 14.2. The molecule has 1 N–H and O–H groups in total. The summed E-state index contributed by atoms with van der Waals surface area (Å²) >= 11 is 0. The van der Waals surface area contributed by atoms with E-state index < -0.39 is 11.7 Å². The highest BCUT2D eigenvalue weighted by Crippen LogP contribution is 2.06. The number of amides is 1. The summed E-state index contributed by atoms with van der Waals surface area (Å²) in [7, 11) is 0. The van der Waals surface area contributed by atoms with Crippen LogP contribution in [0.15, 0.2) is 5.28 Å². The lowest BCUT2D eigenvalue weighted by atomic mass is 10.2. The predicted octanol–water partition coefficient (Wildman–Crippen LogP) is 1.62. The lowest BCUT2D eigenvalue weighted by Gasteiger charge is -2.19. The molecule has 0 spiro atoms. The van der Waals surface area contributed by atoms with Crippen molar-refractivity contribution in [2.75, 3.05) is 19.8 Å². The molecule has 0 fully saturated rings. The van der Waals surface area contributed by atoms with Crippen LogP contribution in [-0.4, -0.2) is 41.5 Å². The van der Waals surface area contributed by atoms with Crippen LogP contribution in [0.25, 0.3) is 0 Å². The molecule has 0 radical (unpaired) electrons. The highest BCUT2D eigenvalue weighted by Gasteiger charge is 2.15. The number of hydrogen-bond donors (Lipinski definition) is 1. The third kappa shape index (κ3) is 7.53. The first kappa shape index (κ1) is 16.3. The quantitative estimate of drug-likeness (QED) is 0.258. The predicted molar refractivity (Wildman–Crippen MR) is 64.3 cm³/mol. The van der Waals surface area contributed by atoms with Crippen LogP contribution in [0.5, 0.6) is 0 Å². The van der Waals surface area contributed by atoms with Crippen molar-refractivity contribution in [2.45, 2.75) is 40.2 Å². The van der Waals surface area contributed by atoms with Gasteiger partial charge in [0.1, 0.15) is 5.60 Å². The molecule has 0 heterocycles. The largest absolute Gasteiger partial charge is 0.569 e. The Bertz CT molecular complexity index is 284. The minimum Gasteiger partial charge on any atom is -0.569 e. The van der Waals surface area contributed by atoms with Gasteiger partial charge >= 0.3 is 6.09 Å². The van der Waals surface area contributed by atoms with Gasteiger partial charge in [0.15, 0.2) is 6.73 Å². The van der Waals surface area contributed by atoms with Gasteiger partial charge in [-0.2, -0.15) is 0 Å². The Morgan fingerprint density at radius 1 is 1.39 bits per heavy atom. The van der Waals surface area contributed by atoms with E-state index in [0.717, 1.165) is 0 Å². The van der Waals surface area contributed by atoms with Crippen LogP contribution < -0.4 is 5.32 Å². The van der Waals surface area contributed by atoms with Crippen molar-refractivity contribution < 1.29 is 19.3 Å². The molecule has 0 rings (SSSR count). The minimum atomic E-state index is -0.627. The van der Waals surface area contributed by atoms with E-state index in [0.29, 0.717) is 18.1 Å². The lowest BCUT2D eigenvalue weighted by molar-refractivity contribution is -0.710. The van der Waals surface area contributed by atoms with Gasteiger partial charge in [-0.25, -0.2) is 4.79 Å². The summed E-state index contributed by atoms with van der Waals surface area (Å²) in [5.41, 5.74) is -0.576. The highest BCUT2D eigenvalue weighted by atomic mass is 16.7. The molecule has 106 valence electrons. The van der Waals surface area contributed by atoms with Crippen molar-refractivity contribution in [3.63, 3.8) is 0 Å². The molecule has 8 nitrogen and oxygen atoms in total. The second kappa shape index (κ2) is 7.57. The van der Waals surface area contributed by atoms with Crippen LogP contribution in [0.4, 0.5) is 4.79 Å². The van der Waals surface area contributed by atoms with Crippen molar-refractivity contribution in [2.24, 2.45) is 5.28 Å². The molecule has 8 heteroatoms. The van der Waals surface area contributed by atoms with Gasteiger partial charge in [-0.3, -0.25) is 5.32 Å². The molecule has 0 aromatic heterocycles. The zero-order valence-corrected chi connectivity index (χ0v) is 11.6. The monoisotopic (exact) mass is 262 g/mol. The molecule has 0 saturated carbocycles. The molecule has 0 aliphatic heterocycles. The molecule has 0 aromatic carbocycles. The van der Waals surface area contributed by atoms with Gasteiger partial charge in [-0.05, 0) is 34.6 Å². The first-order valence-corrected chi connectivity index (χ1v) is 5.82. The van der Waals surface area contributed by atoms with E-state index in [1.54, 1.807) is 20.8 Å². The molecule has 0 atom stereocenters. The van der Waals surface area contributed by atoms with Crippen molar-refractivity contribution in [1.29, 1.82) is 0 Å². The van der Waals surface area contributed by atoms with Gasteiger partial charge in [0, 0.05) is 0 Å². The number of nitrogens with zero attached hydrogens (tertiary/aromatic N) is 3. The zero-order valence-electron chi connectivity index (χ0n) is 11.6. The fraction of sp³-hybridized carbons (Fsp3) is 0.900. The third-order valence-corrected chi connectivity index (χ3v) is 1.78. The normalized spacial score (nSPS) is 11.9. The molecule has 0 aliphatic rings. The smallest absolute Gasteiger partial charge is 0.410 e. The number of hydrogen-bond acceptors (Lipinski definition) is 5. The standard InChI is InChI=1S/C10H22N4O4/c1-6-13(7-2)14(16)12-17-8-11-9(15)18-10(3,4)5/h6-8H2,1-5H3,(H,11,15)/b14-12-. The maximum Gasteiger partial charge on any atom is 0.410 e. The van der Waals surface area contributed by atoms with E-state index in [-0.39, 0.29) is 6.73 Å². The molecule has 0 bridgehead atoms. The average molecular weight is 262 g/mol. The summed E-state index contributed by atoms with van der Waals surface area (Å²) in [6.45, 7) is 9.70. The van der Waals surface area contributed by atoms with E-state index >= 15 is 0 Å². The fourth-order valence-corrected chi connectivity index (χ4v) is 1.00. The Morgan fingerprint density at radius 3 is 2.39 bits per heavy atom. The van der Waals surface area contributed by atoms with Gasteiger partial charge in [-0.15, -0.1) is 5.01 Å². The van der Waals surface area contributed by atoms with Crippen LogP contribution in [0.1, 0.15) is 34.6 Å². The first-order chi connectivity index (χ1) is 8.30. The van der Waals surface area contributed by atoms with Gasteiger partial charge < -0.3 is 14.8 Å². The molecule has 1 amide bonds. The van der Waals surface area contributed by atoms with Crippen LogP contribution >= 0.6 is 0 Å². The summed E-state index contributed by atoms with van der Waals surface area (Å²) in [5, 5.41) is 18.3. The van der Waals surface area contributed by atoms with E-state index in [1.807, 2.05) is 13.8 Å². The third-order valence-electron chi connectivity index (χ3n) is 1.78. The van der Waals surface area contributed by atoms with Crippen molar-refractivity contribution in [1.82, 2.24) is 10.3 Å². The molecule has 18 heavy (non-hydrogen) atoms. The summed E-state index contributed by atoms with van der Waals surface area (Å²) < 4.78 is 4.96. The van der Waals surface area contributed by atoms with Crippen molar-refractivity contribution in [3.05, 3.63) is 5.21 Å². The molecular formula is C10H22N4O4. The number of nitrogens with one attached hydrogen (secondary N) is 1. The Kier molecular flexibility index (Phi) is 6.84. The van der Waals surface area contributed by atoms with Crippen LogP contribution in [-0.2, 0) is 9.57 Å². The molecular weight excluding hydrogens is 240 g/mol. The van der Waals surface area contributed by atoms with Crippen LogP contribution in [0, 0.1) is 5.21 Å². The fourth-order valence-electron chi connectivity index (χ4n) is 1.00. The Hall–Kier alpha value is -1.73. The molecule has 0 aromatic rings. The first-order valence-electron chi connectivity index (χ1n) is 5.82. The van der Waals surface area contributed by atoms with E-state index in [4.69, 9.17) is 4.74 Å². The summed E-state index contributed by atoms with van der Waals surface area (Å²) in [4.78, 5) is 16.2. The molecule has 0 aliphatic carbocycles. The van der Waals surface area contributed by atoms with Crippen molar-refractivity contribution >= 4 is 6.09 Å². The summed E-state index contributed by atoms with van der Waals surface area (Å²) in [6, 6.07) is 0. The Labute approximate surface area is 107 Å². The number of alkyl carbamates (subject to hydrolysis) is 1. The van der Waals surface area contributed by atoms with E-state index in [1.165, 1.54) is 5.01 Å². The lowest BCUT2D eigenvalue weighted by Crippen LogP contribution is -2.34. The van der Waals surface area contributed by atoms with Gasteiger partial charge in [-0.1, -0.05) is 0 Å². The number of rotatable bonds is 6. The van der Waals surface area contributed by atoms with Crippen LogP contribution in [0.2, 0.25) is 0 Å². The maximum atomic E-state index is 11.3. The number of carbonyl (C=O) groups is 1. The maximum absolute atomic E-state index is 11.3. The second-order valence-electron chi connectivity index (χ2n) is 4.43. The SMILES string of the molecule is CCN(CC)/[N+]([O-])=N/OCNC(=O)OC(C)(C)C. The molecule has 0 unspecified atom stereocenters. The van der Waals surface area contributed by atoms with Gasteiger partial charge in [0.2, 0.25) is 5.28 Å². The Balaban J connectivity index is 3.92. The summed E-state index contributed by atoms with van der Waals surface area (Å²) in [5.74, 6) is 0. The molecule has 0 saturated heterocycles. The minimum absolute atomic E-state index is 0.227. The average Bonchev–Trinajstić information content (AvgIpc) is 2.23. The Morgan fingerprint density at radius 2 is 1.94 bits per heavy atom. The summed E-state index contributed by atoms with van der Waals surface area (Å²) in [6.07, 6.45) is -0.627. The number of hydrazine groups is 1. The van der Waals surface area contributed by atoms with Gasteiger partial charge in [0.05, 0.1) is 18.1 Å². The number of carbonyl (C=O) groups excluding carboxylic acids is 1. The second-order valence-corrected chi connectivity index (χ2v) is 4.43. The van der Waals surface area contributed by atoms with E-state index in [9.17, 15) is 10.0 Å². The van der Waals surface area contributed by atoms with E-state index in [2.05, 4.69) is 15.4 Å². The van der Waals surface area contributed by atoms with Crippen LogP contribution in [0.3, 0.4) is 0 Å².